The highest BCUT2D eigenvalue weighted by Crippen LogP contribution is 2.22. The normalized spacial score (nSPS) is 13.6. The Labute approximate surface area is 117 Å². The molecule has 5 nitrogen and oxygen atoms in total. The average molecular weight is 314 g/mol. The number of nitro benzene ring substituents is 1. The van der Waals surface area contributed by atoms with Gasteiger partial charge in [-0.25, -0.2) is 0 Å². The molecule has 0 saturated carbocycles. The zero-order chi connectivity index (χ0) is 12.3. The number of hydrogen-bond donors (Lipinski definition) is 0. The Bertz CT molecular complexity index is 433. The topological polar surface area (TPSA) is 49.6 Å². The predicted octanol–water partition coefficient (Wildman–Crippen LogP) is 3.13. The van der Waals surface area contributed by atoms with E-state index in [9.17, 15) is 10.1 Å². The van der Waals surface area contributed by atoms with Gasteiger partial charge < -0.3 is 9.80 Å². The van der Waals surface area contributed by atoms with Gasteiger partial charge in [0.05, 0.1) is 11.6 Å². The molecule has 0 aliphatic carbocycles. The third kappa shape index (κ3) is 3.22. The Morgan fingerprint density at radius 3 is 2.50 bits per heavy atom. The number of halogens is 1. The van der Waals surface area contributed by atoms with Crippen LogP contribution in [-0.2, 0) is 0 Å². The van der Waals surface area contributed by atoms with E-state index in [0.717, 1.165) is 25.3 Å². The number of benzene rings is 1. The summed E-state index contributed by atoms with van der Waals surface area (Å²) in [5.74, 6) is 0. The largest absolute Gasteiger partial charge is 0.358 e. The minimum Gasteiger partial charge on any atom is -0.358 e. The molecular weight excluding hydrogens is 298 g/mol. The quantitative estimate of drug-likeness (QED) is 0.633. The Kier molecular flexibility index (Phi) is 5.15. The number of nitrogens with zero attached hydrogens (tertiary/aromatic N) is 3. The first kappa shape index (κ1) is 14.5. The van der Waals surface area contributed by atoms with Crippen LogP contribution in [0.25, 0.3) is 0 Å². The molecule has 2 rings (SSSR count). The van der Waals surface area contributed by atoms with Gasteiger partial charge in [0.1, 0.15) is 0 Å². The summed E-state index contributed by atoms with van der Waals surface area (Å²) in [5, 5.41) is 10.5. The van der Waals surface area contributed by atoms with E-state index in [1.165, 1.54) is 12.1 Å². The molecule has 0 unspecified atom stereocenters. The van der Waals surface area contributed by atoms with Crippen LogP contribution in [0.4, 0.5) is 11.4 Å². The molecule has 6 heteroatoms. The van der Waals surface area contributed by atoms with Crippen LogP contribution in [0.5, 0.6) is 0 Å². The molecule has 98 valence electrons. The van der Waals surface area contributed by atoms with E-state index < -0.39 is 0 Å². The lowest BCUT2D eigenvalue weighted by Gasteiger charge is -2.20. The Balaban J connectivity index is 0.00000162. The van der Waals surface area contributed by atoms with Gasteiger partial charge in [0, 0.05) is 36.8 Å². The molecule has 0 atom stereocenters. The van der Waals surface area contributed by atoms with Gasteiger partial charge in [-0.15, -0.1) is 17.0 Å². The van der Waals surface area contributed by atoms with Crippen molar-refractivity contribution in [1.82, 2.24) is 4.90 Å². The molecule has 0 radical (unpaired) electrons. The fourth-order valence-corrected chi connectivity index (χ4v) is 1.83. The summed E-state index contributed by atoms with van der Waals surface area (Å²) in [6.45, 7) is 3.98. The molecule has 1 aromatic rings. The van der Waals surface area contributed by atoms with Gasteiger partial charge in [-0.1, -0.05) is 6.92 Å². The summed E-state index contributed by atoms with van der Waals surface area (Å²) in [6, 6.07) is 6.62. The highest BCUT2D eigenvalue weighted by atomic mass is 79.9. The molecule has 1 aromatic carbocycles. The van der Waals surface area contributed by atoms with Crippen LogP contribution in [-0.4, -0.2) is 23.0 Å². The van der Waals surface area contributed by atoms with Crippen LogP contribution in [0.3, 0.4) is 0 Å². The standard InChI is InChI=1S/C12H15N3O2.BrH/c1-2-7-13-8-9-14(10-13)11-3-5-12(6-4-11)15(16)17;/h3-6,8-9H,2,7,10H2,1H3;1H. The van der Waals surface area contributed by atoms with E-state index in [-0.39, 0.29) is 27.6 Å². The molecule has 1 aliphatic heterocycles. The van der Waals surface area contributed by atoms with E-state index in [4.69, 9.17) is 0 Å². The highest BCUT2D eigenvalue weighted by molar-refractivity contribution is 8.93. The van der Waals surface area contributed by atoms with Crippen LogP contribution >= 0.6 is 17.0 Å². The number of anilines is 1. The highest BCUT2D eigenvalue weighted by Gasteiger charge is 2.13. The van der Waals surface area contributed by atoms with Crippen molar-refractivity contribution in [2.24, 2.45) is 0 Å². The van der Waals surface area contributed by atoms with Gasteiger partial charge in [-0.3, -0.25) is 10.1 Å². The third-order valence-electron chi connectivity index (χ3n) is 2.69. The first-order valence-electron chi connectivity index (χ1n) is 5.64. The summed E-state index contributed by atoms with van der Waals surface area (Å²) >= 11 is 0. The van der Waals surface area contributed by atoms with Gasteiger partial charge >= 0.3 is 0 Å². The lowest BCUT2D eigenvalue weighted by Crippen LogP contribution is -2.25. The summed E-state index contributed by atoms with van der Waals surface area (Å²) in [4.78, 5) is 14.4. The maximum atomic E-state index is 10.5. The summed E-state index contributed by atoms with van der Waals surface area (Å²) < 4.78 is 0. The molecule has 0 bridgehead atoms. The molecule has 0 N–H and O–H groups in total. The fraction of sp³-hybridized carbons (Fsp3) is 0.333. The van der Waals surface area contributed by atoms with E-state index in [0.29, 0.717) is 0 Å². The van der Waals surface area contributed by atoms with E-state index in [1.54, 1.807) is 12.1 Å². The van der Waals surface area contributed by atoms with Gasteiger partial charge in [0.25, 0.3) is 5.69 Å². The van der Waals surface area contributed by atoms with Gasteiger partial charge in [-0.05, 0) is 18.6 Å². The average Bonchev–Trinajstić information content (AvgIpc) is 2.78. The Morgan fingerprint density at radius 2 is 1.94 bits per heavy atom. The second kappa shape index (κ2) is 6.39. The second-order valence-corrected chi connectivity index (χ2v) is 4.00. The zero-order valence-corrected chi connectivity index (χ0v) is 11.9. The molecular formula is C12H16BrN3O2. The van der Waals surface area contributed by atoms with Crippen molar-refractivity contribution in [1.29, 1.82) is 0 Å². The molecule has 0 fully saturated rings. The molecule has 0 amide bonds. The van der Waals surface area contributed by atoms with Crippen LogP contribution in [0, 0.1) is 10.1 Å². The van der Waals surface area contributed by atoms with Gasteiger partial charge in [0.2, 0.25) is 0 Å². The molecule has 18 heavy (non-hydrogen) atoms. The van der Waals surface area contributed by atoms with Crippen molar-refractivity contribution < 1.29 is 4.92 Å². The first-order chi connectivity index (χ1) is 8.20. The van der Waals surface area contributed by atoms with Crippen molar-refractivity contribution in [3.05, 3.63) is 46.8 Å². The molecule has 1 heterocycles. The smallest absolute Gasteiger partial charge is 0.269 e. The maximum Gasteiger partial charge on any atom is 0.269 e. The number of rotatable bonds is 4. The fourth-order valence-electron chi connectivity index (χ4n) is 1.83. The van der Waals surface area contributed by atoms with Gasteiger partial charge in [0.15, 0.2) is 0 Å². The maximum absolute atomic E-state index is 10.5. The summed E-state index contributed by atoms with van der Waals surface area (Å²) in [6.07, 6.45) is 5.15. The number of hydrogen-bond acceptors (Lipinski definition) is 4. The van der Waals surface area contributed by atoms with Crippen molar-refractivity contribution in [3.8, 4) is 0 Å². The van der Waals surface area contributed by atoms with Crippen molar-refractivity contribution in [2.45, 2.75) is 13.3 Å². The zero-order valence-electron chi connectivity index (χ0n) is 10.2. The van der Waals surface area contributed by atoms with Crippen LogP contribution < -0.4 is 4.90 Å². The SMILES string of the molecule is Br.CCCN1C=CN(c2ccc([N+](=O)[O-])cc2)C1. The predicted molar refractivity (Wildman–Crippen MR) is 76.9 cm³/mol. The lowest BCUT2D eigenvalue weighted by atomic mass is 10.3. The van der Waals surface area contributed by atoms with Gasteiger partial charge in [-0.2, -0.15) is 0 Å². The molecule has 0 spiro atoms. The minimum atomic E-state index is -0.382. The van der Waals surface area contributed by atoms with E-state index in [1.807, 2.05) is 12.4 Å². The van der Waals surface area contributed by atoms with Crippen molar-refractivity contribution in [2.75, 3.05) is 18.1 Å². The van der Waals surface area contributed by atoms with E-state index >= 15 is 0 Å². The molecule has 1 aliphatic rings. The monoisotopic (exact) mass is 313 g/mol. The first-order valence-corrected chi connectivity index (χ1v) is 5.64. The van der Waals surface area contributed by atoms with Crippen molar-refractivity contribution in [3.63, 3.8) is 0 Å². The van der Waals surface area contributed by atoms with Crippen molar-refractivity contribution >= 4 is 28.4 Å². The summed E-state index contributed by atoms with van der Waals surface area (Å²) in [5.41, 5.74) is 1.10. The summed E-state index contributed by atoms with van der Waals surface area (Å²) in [7, 11) is 0. The van der Waals surface area contributed by atoms with Crippen LogP contribution in [0.15, 0.2) is 36.7 Å². The second-order valence-electron chi connectivity index (χ2n) is 4.00. The molecule has 0 saturated heterocycles. The minimum absolute atomic E-state index is 0. The van der Waals surface area contributed by atoms with E-state index in [2.05, 4.69) is 16.7 Å². The number of non-ortho nitro benzene ring substituents is 1. The third-order valence-corrected chi connectivity index (χ3v) is 2.69. The number of nitro groups is 1. The Morgan fingerprint density at radius 1 is 1.28 bits per heavy atom. The van der Waals surface area contributed by atoms with Crippen LogP contribution in [0.2, 0.25) is 0 Å². The van der Waals surface area contributed by atoms with Crippen LogP contribution in [0.1, 0.15) is 13.3 Å². The molecule has 0 aromatic heterocycles. The Hall–Kier alpha value is -1.56. The lowest BCUT2D eigenvalue weighted by molar-refractivity contribution is -0.384.